The summed E-state index contributed by atoms with van der Waals surface area (Å²) in [5.41, 5.74) is 0. The van der Waals surface area contributed by atoms with Crippen LogP contribution in [0.1, 0.15) is 32.6 Å². The largest absolute Gasteiger partial charge is 0.340 e. The van der Waals surface area contributed by atoms with E-state index in [1.165, 1.54) is 6.42 Å². The summed E-state index contributed by atoms with van der Waals surface area (Å²) in [7, 11) is 0. The highest BCUT2D eigenvalue weighted by Gasteiger charge is 2.33. The average molecular weight is 239 g/mol. The zero-order valence-electron chi connectivity index (χ0n) is 10.4. The van der Waals surface area contributed by atoms with E-state index in [9.17, 15) is 9.59 Å². The number of carbonyl (C=O) groups excluding carboxylic acids is 2. The molecule has 1 saturated heterocycles. The van der Waals surface area contributed by atoms with Crippen LogP contribution in [0.5, 0.6) is 0 Å². The number of nitrogens with zero attached hydrogens (tertiary/aromatic N) is 1. The molecule has 1 aliphatic heterocycles. The monoisotopic (exact) mass is 239 g/mol. The molecule has 1 atom stereocenters. The first kappa shape index (κ1) is 12.2. The van der Waals surface area contributed by atoms with Crippen molar-refractivity contribution >= 4 is 11.9 Å². The van der Waals surface area contributed by atoms with Crippen molar-refractivity contribution in [3.05, 3.63) is 0 Å². The molecule has 0 aromatic heterocycles. The summed E-state index contributed by atoms with van der Waals surface area (Å²) < 4.78 is 0. The maximum atomic E-state index is 12.0. The van der Waals surface area contributed by atoms with Gasteiger partial charge in [0.05, 0.1) is 0 Å². The van der Waals surface area contributed by atoms with Gasteiger partial charge in [-0.1, -0.05) is 6.42 Å². The lowest BCUT2D eigenvalue weighted by atomic mass is 9.84. The van der Waals surface area contributed by atoms with Crippen molar-refractivity contribution in [1.82, 2.24) is 15.5 Å². The molecule has 0 aromatic carbocycles. The standard InChI is InChI=1S/C12H21N3O2/c1-2-13-12(17)14-10-6-7-15(8-10)11(16)9-4-3-5-9/h9-10H,2-8H2,1H3,(H2,13,14,17)/t10-/m0/s1. The SMILES string of the molecule is CCNC(=O)N[C@H]1CCN(C(=O)C2CCC2)C1. The summed E-state index contributed by atoms with van der Waals surface area (Å²) in [6.07, 6.45) is 4.15. The van der Waals surface area contributed by atoms with Crippen LogP contribution >= 0.6 is 0 Å². The van der Waals surface area contributed by atoms with Crippen molar-refractivity contribution in [2.24, 2.45) is 5.92 Å². The van der Waals surface area contributed by atoms with E-state index in [-0.39, 0.29) is 23.9 Å². The quantitative estimate of drug-likeness (QED) is 0.762. The van der Waals surface area contributed by atoms with E-state index in [1.54, 1.807) is 0 Å². The van der Waals surface area contributed by atoms with Gasteiger partial charge in [-0.25, -0.2) is 4.79 Å². The van der Waals surface area contributed by atoms with E-state index in [2.05, 4.69) is 10.6 Å². The van der Waals surface area contributed by atoms with Crippen molar-refractivity contribution < 1.29 is 9.59 Å². The van der Waals surface area contributed by atoms with Crippen LogP contribution in [0.4, 0.5) is 4.79 Å². The number of nitrogens with one attached hydrogen (secondary N) is 2. The molecule has 17 heavy (non-hydrogen) atoms. The van der Waals surface area contributed by atoms with E-state index in [0.29, 0.717) is 13.1 Å². The third-order valence-corrected chi connectivity index (χ3v) is 3.63. The Morgan fingerprint density at radius 2 is 2.06 bits per heavy atom. The zero-order valence-corrected chi connectivity index (χ0v) is 10.4. The fraction of sp³-hybridized carbons (Fsp3) is 0.833. The Morgan fingerprint density at radius 1 is 1.29 bits per heavy atom. The summed E-state index contributed by atoms with van der Waals surface area (Å²) in [4.78, 5) is 25.2. The zero-order chi connectivity index (χ0) is 12.3. The molecule has 0 radical (unpaired) electrons. The molecule has 3 amide bonds. The number of rotatable bonds is 3. The number of likely N-dealkylation sites (tertiary alicyclic amines) is 1. The molecule has 1 aliphatic carbocycles. The Labute approximate surface area is 102 Å². The Bertz CT molecular complexity index is 302. The maximum Gasteiger partial charge on any atom is 0.315 e. The predicted molar refractivity (Wildman–Crippen MR) is 64.5 cm³/mol. The molecule has 1 saturated carbocycles. The minimum Gasteiger partial charge on any atom is -0.340 e. The molecule has 1 heterocycles. The van der Waals surface area contributed by atoms with Crippen LogP contribution in [0.25, 0.3) is 0 Å². The molecule has 2 fully saturated rings. The van der Waals surface area contributed by atoms with Crippen LogP contribution in [0, 0.1) is 5.92 Å². The van der Waals surface area contributed by atoms with Crippen LogP contribution in [0.2, 0.25) is 0 Å². The lowest BCUT2D eigenvalue weighted by Gasteiger charge is -2.29. The van der Waals surface area contributed by atoms with E-state index >= 15 is 0 Å². The smallest absolute Gasteiger partial charge is 0.315 e. The first-order chi connectivity index (χ1) is 8.20. The summed E-state index contributed by atoms with van der Waals surface area (Å²) in [5.74, 6) is 0.551. The molecule has 2 rings (SSSR count). The van der Waals surface area contributed by atoms with E-state index in [1.807, 2.05) is 11.8 Å². The molecular formula is C12H21N3O2. The van der Waals surface area contributed by atoms with Gasteiger partial charge in [0.2, 0.25) is 5.91 Å². The van der Waals surface area contributed by atoms with Gasteiger partial charge in [-0.15, -0.1) is 0 Å². The van der Waals surface area contributed by atoms with Crippen LogP contribution in [0.3, 0.4) is 0 Å². The second-order valence-electron chi connectivity index (χ2n) is 4.90. The lowest BCUT2D eigenvalue weighted by molar-refractivity contribution is -0.137. The van der Waals surface area contributed by atoms with Gasteiger partial charge in [-0.2, -0.15) is 0 Å². The molecule has 2 N–H and O–H groups in total. The van der Waals surface area contributed by atoms with E-state index < -0.39 is 0 Å². The van der Waals surface area contributed by atoms with Crippen LogP contribution in [0.15, 0.2) is 0 Å². The number of urea groups is 1. The highest BCUT2D eigenvalue weighted by Crippen LogP contribution is 2.29. The highest BCUT2D eigenvalue weighted by atomic mass is 16.2. The summed E-state index contributed by atoms with van der Waals surface area (Å²) in [5, 5.41) is 5.60. The van der Waals surface area contributed by atoms with Gasteiger partial charge >= 0.3 is 6.03 Å². The number of hydrogen-bond acceptors (Lipinski definition) is 2. The first-order valence-electron chi connectivity index (χ1n) is 6.54. The molecule has 2 aliphatic rings. The van der Waals surface area contributed by atoms with Crippen molar-refractivity contribution in [3.8, 4) is 0 Å². The molecule has 0 bridgehead atoms. The van der Waals surface area contributed by atoms with Gasteiger partial charge in [0, 0.05) is 31.6 Å². The first-order valence-corrected chi connectivity index (χ1v) is 6.54. The van der Waals surface area contributed by atoms with Crippen LogP contribution in [-0.2, 0) is 4.79 Å². The van der Waals surface area contributed by atoms with E-state index in [0.717, 1.165) is 25.8 Å². The van der Waals surface area contributed by atoms with Crippen molar-refractivity contribution in [3.63, 3.8) is 0 Å². The fourth-order valence-electron chi connectivity index (χ4n) is 2.39. The highest BCUT2D eigenvalue weighted by molar-refractivity contribution is 5.80. The van der Waals surface area contributed by atoms with Crippen molar-refractivity contribution in [2.75, 3.05) is 19.6 Å². The number of carbonyl (C=O) groups is 2. The molecular weight excluding hydrogens is 218 g/mol. The third-order valence-electron chi connectivity index (χ3n) is 3.63. The molecule has 0 aromatic rings. The number of amides is 3. The molecule has 0 spiro atoms. The van der Waals surface area contributed by atoms with Crippen molar-refractivity contribution in [1.29, 1.82) is 0 Å². The van der Waals surface area contributed by atoms with Crippen LogP contribution < -0.4 is 10.6 Å². The van der Waals surface area contributed by atoms with Gasteiger partial charge in [-0.05, 0) is 26.2 Å². The minimum absolute atomic E-state index is 0.116. The molecule has 5 nitrogen and oxygen atoms in total. The third kappa shape index (κ3) is 2.90. The van der Waals surface area contributed by atoms with Gasteiger partial charge < -0.3 is 15.5 Å². The topological polar surface area (TPSA) is 61.4 Å². The second-order valence-corrected chi connectivity index (χ2v) is 4.90. The normalized spacial score (nSPS) is 24.3. The summed E-state index contributed by atoms with van der Waals surface area (Å²) in [6, 6.07) is -0.0129. The van der Waals surface area contributed by atoms with Crippen molar-refractivity contribution in [2.45, 2.75) is 38.6 Å². The Morgan fingerprint density at radius 3 is 2.65 bits per heavy atom. The van der Waals surface area contributed by atoms with Gasteiger partial charge in [-0.3, -0.25) is 4.79 Å². The van der Waals surface area contributed by atoms with Gasteiger partial charge in [0.1, 0.15) is 0 Å². The average Bonchev–Trinajstić information content (AvgIpc) is 2.63. The lowest BCUT2D eigenvalue weighted by Crippen LogP contribution is -2.44. The Balaban J connectivity index is 1.74. The van der Waals surface area contributed by atoms with E-state index in [4.69, 9.17) is 0 Å². The summed E-state index contributed by atoms with van der Waals surface area (Å²) in [6.45, 7) is 3.97. The fourth-order valence-corrected chi connectivity index (χ4v) is 2.39. The maximum absolute atomic E-state index is 12.0. The summed E-state index contributed by atoms with van der Waals surface area (Å²) >= 11 is 0. The molecule has 96 valence electrons. The predicted octanol–water partition coefficient (Wildman–Crippen LogP) is 0.706. The Kier molecular flexibility index (Phi) is 3.86. The minimum atomic E-state index is -0.129. The van der Waals surface area contributed by atoms with Crippen LogP contribution in [-0.4, -0.2) is 42.5 Å². The molecule has 5 heteroatoms. The van der Waals surface area contributed by atoms with Gasteiger partial charge in [0.15, 0.2) is 0 Å². The van der Waals surface area contributed by atoms with Gasteiger partial charge in [0.25, 0.3) is 0 Å². The second kappa shape index (κ2) is 5.38. The molecule has 0 unspecified atom stereocenters. The number of hydrogen-bond donors (Lipinski definition) is 2. The Hall–Kier alpha value is -1.26.